The lowest BCUT2D eigenvalue weighted by molar-refractivity contribution is -0.384. The van der Waals surface area contributed by atoms with Crippen LogP contribution in [0.5, 0.6) is 0 Å². The molecule has 1 heterocycles. The van der Waals surface area contributed by atoms with Gasteiger partial charge in [0.05, 0.1) is 4.92 Å². The third-order valence-electron chi connectivity index (χ3n) is 1.41. The molecule has 0 aliphatic heterocycles. The molecule has 0 fully saturated rings. The number of nitrogens with two attached hydrogens (primary N) is 1. The van der Waals surface area contributed by atoms with Crippen molar-refractivity contribution < 1.29 is 4.92 Å². The zero-order valence-corrected chi connectivity index (χ0v) is 6.73. The monoisotopic (exact) mass is 177 g/mol. The van der Waals surface area contributed by atoms with E-state index in [0.29, 0.717) is 0 Å². The van der Waals surface area contributed by atoms with Gasteiger partial charge in [-0.3, -0.25) is 10.1 Å². The zero-order chi connectivity index (χ0) is 9.84. The predicted molar refractivity (Wildman–Crippen MR) is 48.9 cm³/mol. The lowest BCUT2D eigenvalue weighted by Crippen LogP contribution is -1.99. The first-order valence-electron chi connectivity index (χ1n) is 3.41. The second-order valence-corrected chi connectivity index (χ2v) is 2.24. The quantitative estimate of drug-likeness (QED) is 0.420. The van der Waals surface area contributed by atoms with E-state index in [9.17, 15) is 10.1 Å². The molecule has 2 N–H and O–H groups in total. The van der Waals surface area contributed by atoms with Crippen molar-refractivity contribution in [2.75, 3.05) is 5.73 Å². The van der Waals surface area contributed by atoms with Gasteiger partial charge in [-0.25, -0.2) is 4.98 Å². The minimum absolute atomic E-state index is 0.0847. The fraction of sp³-hybridized carbons (Fsp3) is 0. The Kier molecular flexibility index (Phi) is 2.42. The summed E-state index contributed by atoms with van der Waals surface area (Å²) in [6.45, 7) is 3.30. The molecule has 0 saturated carbocycles. The number of nitrogen functional groups attached to an aromatic ring is 1. The Bertz CT molecular complexity index is 394. The van der Waals surface area contributed by atoms with Crippen molar-refractivity contribution in [3.05, 3.63) is 40.4 Å². The Labute approximate surface area is 74.4 Å². The van der Waals surface area contributed by atoms with Crippen LogP contribution < -0.4 is 5.73 Å². The van der Waals surface area contributed by atoms with Crippen molar-refractivity contribution in [3.63, 3.8) is 0 Å². The fourth-order valence-corrected chi connectivity index (χ4v) is 0.887. The minimum Gasteiger partial charge on any atom is -0.393 e. The Morgan fingerprint density at radius 1 is 1.77 bits per heavy atom. The van der Waals surface area contributed by atoms with Gasteiger partial charge in [-0.15, -0.1) is 5.73 Å². The van der Waals surface area contributed by atoms with Crippen LogP contribution >= 0.6 is 0 Å². The molecule has 1 aromatic heterocycles. The Balaban J connectivity index is 3.42. The molecule has 66 valence electrons. The van der Waals surface area contributed by atoms with Gasteiger partial charge in [-0.05, 0) is 6.07 Å². The van der Waals surface area contributed by atoms with E-state index < -0.39 is 4.92 Å². The smallest absolute Gasteiger partial charge is 0.318 e. The van der Waals surface area contributed by atoms with E-state index >= 15 is 0 Å². The molecule has 1 rings (SSSR count). The van der Waals surface area contributed by atoms with Crippen molar-refractivity contribution >= 4 is 17.5 Å². The molecule has 0 unspecified atom stereocenters. The topological polar surface area (TPSA) is 82.0 Å². The third kappa shape index (κ3) is 1.72. The van der Waals surface area contributed by atoms with Crippen molar-refractivity contribution in [3.8, 4) is 0 Å². The van der Waals surface area contributed by atoms with Gasteiger partial charge >= 0.3 is 5.69 Å². The van der Waals surface area contributed by atoms with E-state index in [0.717, 1.165) is 0 Å². The summed E-state index contributed by atoms with van der Waals surface area (Å²) in [6.07, 6.45) is 2.71. The number of aromatic nitrogens is 1. The number of nitrogens with zero attached hydrogens (tertiary/aromatic N) is 2. The van der Waals surface area contributed by atoms with Crippen LogP contribution in [0.25, 0.3) is 6.08 Å². The Morgan fingerprint density at radius 2 is 2.46 bits per heavy atom. The molecule has 0 spiro atoms. The van der Waals surface area contributed by atoms with Crippen LogP contribution in [0.15, 0.2) is 24.6 Å². The second-order valence-electron chi connectivity index (χ2n) is 2.24. The van der Waals surface area contributed by atoms with Crippen molar-refractivity contribution in [1.29, 1.82) is 0 Å². The van der Waals surface area contributed by atoms with Gasteiger partial charge in [-0.2, -0.15) is 0 Å². The summed E-state index contributed by atoms with van der Waals surface area (Å²) in [4.78, 5) is 13.7. The molecule has 0 aliphatic carbocycles. The number of hydrogen-bond acceptors (Lipinski definition) is 4. The minimum atomic E-state index is -0.578. The third-order valence-corrected chi connectivity index (χ3v) is 1.41. The van der Waals surface area contributed by atoms with Crippen molar-refractivity contribution in [1.82, 2.24) is 4.98 Å². The molecule has 0 amide bonds. The van der Waals surface area contributed by atoms with Gasteiger partial charge in [0.1, 0.15) is 5.69 Å². The summed E-state index contributed by atoms with van der Waals surface area (Å²) in [6, 6.07) is 1.37. The summed E-state index contributed by atoms with van der Waals surface area (Å²) in [5.41, 5.74) is 7.85. The van der Waals surface area contributed by atoms with Crippen molar-refractivity contribution in [2.24, 2.45) is 0 Å². The van der Waals surface area contributed by atoms with Crippen molar-refractivity contribution in [2.45, 2.75) is 0 Å². The Hall–Kier alpha value is -2.13. The van der Waals surface area contributed by atoms with Gasteiger partial charge in [0.25, 0.3) is 0 Å². The number of nitro groups is 1. The number of rotatable bonds is 2. The number of hydrogen-bond donors (Lipinski definition) is 1. The molecule has 5 heteroatoms. The molecule has 1 aromatic rings. The lowest BCUT2D eigenvalue weighted by atomic mass is 10.2. The van der Waals surface area contributed by atoms with Crippen LogP contribution in [0, 0.1) is 10.1 Å². The summed E-state index contributed by atoms with van der Waals surface area (Å²) >= 11 is 0. The van der Waals surface area contributed by atoms with Crippen LogP contribution in [0.1, 0.15) is 5.69 Å². The lowest BCUT2D eigenvalue weighted by Gasteiger charge is -1.97. The molecule has 0 radical (unpaired) electrons. The molecule has 0 aliphatic rings. The van der Waals surface area contributed by atoms with E-state index in [1.807, 2.05) is 0 Å². The van der Waals surface area contributed by atoms with E-state index in [4.69, 9.17) is 5.73 Å². The number of anilines is 1. The van der Waals surface area contributed by atoms with Crippen LogP contribution in [0.4, 0.5) is 11.4 Å². The van der Waals surface area contributed by atoms with Crippen LogP contribution in [-0.4, -0.2) is 9.91 Å². The maximum atomic E-state index is 10.5. The highest BCUT2D eigenvalue weighted by Gasteiger charge is 2.16. The highest BCUT2D eigenvalue weighted by Crippen LogP contribution is 2.24. The van der Waals surface area contributed by atoms with Gasteiger partial charge < -0.3 is 5.73 Å². The molecule has 0 atom stereocenters. The van der Waals surface area contributed by atoms with Gasteiger partial charge in [-0.1, -0.05) is 6.58 Å². The highest BCUT2D eigenvalue weighted by molar-refractivity contribution is 5.68. The van der Waals surface area contributed by atoms with E-state index in [1.165, 1.54) is 18.3 Å². The van der Waals surface area contributed by atoms with Crippen LogP contribution in [-0.2, 0) is 0 Å². The highest BCUT2D eigenvalue weighted by atomic mass is 16.6. The molecule has 13 heavy (non-hydrogen) atoms. The number of pyridine rings is 1. The van der Waals surface area contributed by atoms with Crippen LogP contribution in [0.3, 0.4) is 0 Å². The predicted octanol–water partition coefficient (Wildman–Crippen LogP) is 1.37. The first kappa shape index (κ1) is 8.96. The summed E-state index contributed by atoms with van der Waals surface area (Å²) < 4.78 is 0. The molecular weight excluding hydrogens is 170 g/mol. The van der Waals surface area contributed by atoms with Gasteiger partial charge in [0.2, 0.25) is 0 Å². The molecular formula is C8H7N3O2. The molecule has 0 bridgehead atoms. The fourth-order valence-electron chi connectivity index (χ4n) is 0.887. The standard InChI is InChI=1S/C8H7N3O2/c1-2-3-7-8(11(12)13)6(9)4-5-10-7/h3-5H,1H2,(H2,9,10). The first-order valence-corrected chi connectivity index (χ1v) is 3.41. The Morgan fingerprint density at radius 3 is 3.00 bits per heavy atom. The summed E-state index contributed by atoms with van der Waals surface area (Å²) in [7, 11) is 0. The average Bonchev–Trinajstić information content (AvgIpc) is 2.04. The van der Waals surface area contributed by atoms with E-state index in [2.05, 4.69) is 17.3 Å². The zero-order valence-electron chi connectivity index (χ0n) is 6.73. The largest absolute Gasteiger partial charge is 0.393 e. The first-order chi connectivity index (χ1) is 6.16. The van der Waals surface area contributed by atoms with Gasteiger partial charge in [0, 0.05) is 12.3 Å². The maximum absolute atomic E-state index is 10.5. The summed E-state index contributed by atoms with van der Waals surface area (Å²) in [5, 5.41) is 10.5. The normalized spacial score (nSPS) is 8.92. The average molecular weight is 177 g/mol. The molecule has 0 aromatic carbocycles. The van der Waals surface area contributed by atoms with E-state index in [-0.39, 0.29) is 17.1 Å². The molecule has 5 nitrogen and oxygen atoms in total. The van der Waals surface area contributed by atoms with Gasteiger partial charge in [0.15, 0.2) is 5.69 Å². The van der Waals surface area contributed by atoms with E-state index in [1.54, 1.807) is 0 Å². The summed E-state index contributed by atoms with van der Waals surface area (Å²) in [5.74, 6) is 0. The SMILES string of the molecule is C=C=Cc1nccc(N)c1[N+](=O)[O-]. The second kappa shape index (κ2) is 3.51. The molecule has 0 saturated heterocycles. The maximum Gasteiger partial charge on any atom is 0.318 e. The van der Waals surface area contributed by atoms with Crippen LogP contribution in [0.2, 0.25) is 0 Å².